The number of amides is 1. The SMILES string of the molecule is CCN1CCN(C(=O)c2ccc(-n3nc(C)c(Cl)c3C)cc2)CC1. The van der Waals surface area contributed by atoms with E-state index in [1.54, 1.807) is 0 Å². The lowest BCUT2D eigenvalue weighted by Crippen LogP contribution is -2.48. The Bertz CT molecular complexity index is 730. The predicted molar refractivity (Wildman–Crippen MR) is 96.1 cm³/mol. The summed E-state index contributed by atoms with van der Waals surface area (Å²) >= 11 is 6.21. The molecule has 1 aromatic carbocycles. The molecule has 1 fully saturated rings. The number of benzene rings is 1. The van der Waals surface area contributed by atoms with Crippen LogP contribution in [0.3, 0.4) is 0 Å². The van der Waals surface area contributed by atoms with Crippen LogP contribution >= 0.6 is 11.6 Å². The molecule has 0 N–H and O–H groups in total. The van der Waals surface area contributed by atoms with E-state index in [1.165, 1.54) is 0 Å². The van der Waals surface area contributed by atoms with Gasteiger partial charge in [-0.15, -0.1) is 0 Å². The number of carbonyl (C=O) groups excluding carboxylic acids is 1. The van der Waals surface area contributed by atoms with E-state index in [-0.39, 0.29) is 5.91 Å². The van der Waals surface area contributed by atoms with Crippen LogP contribution in [-0.2, 0) is 0 Å². The van der Waals surface area contributed by atoms with Crippen molar-refractivity contribution in [1.29, 1.82) is 0 Å². The number of likely N-dealkylation sites (N-methyl/N-ethyl adjacent to an activating group) is 1. The first kappa shape index (κ1) is 17.0. The quantitative estimate of drug-likeness (QED) is 0.858. The maximum atomic E-state index is 12.6. The van der Waals surface area contributed by atoms with Crippen molar-refractivity contribution in [1.82, 2.24) is 19.6 Å². The molecule has 5 nitrogen and oxygen atoms in total. The highest BCUT2D eigenvalue weighted by Crippen LogP contribution is 2.22. The van der Waals surface area contributed by atoms with Gasteiger partial charge >= 0.3 is 0 Å². The zero-order valence-electron chi connectivity index (χ0n) is 14.4. The van der Waals surface area contributed by atoms with Crippen molar-refractivity contribution >= 4 is 17.5 Å². The maximum Gasteiger partial charge on any atom is 0.253 e. The lowest BCUT2D eigenvalue weighted by Gasteiger charge is -2.34. The first-order valence-corrected chi connectivity index (χ1v) is 8.73. The summed E-state index contributed by atoms with van der Waals surface area (Å²) in [4.78, 5) is 16.9. The maximum absolute atomic E-state index is 12.6. The molecule has 0 unspecified atom stereocenters. The summed E-state index contributed by atoms with van der Waals surface area (Å²) < 4.78 is 1.81. The predicted octanol–water partition coefficient (Wildman–Crippen LogP) is 2.92. The number of carbonyl (C=O) groups is 1. The first-order chi connectivity index (χ1) is 11.5. The van der Waals surface area contributed by atoms with Gasteiger partial charge in [0.05, 0.1) is 22.1 Å². The first-order valence-electron chi connectivity index (χ1n) is 8.35. The summed E-state index contributed by atoms with van der Waals surface area (Å²) in [6.07, 6.45) is 0. The summed E-state index contributed by atoms with van der Waals surface area (Å²) in [6, 6.07) is 7.58. The molecular formula is C18H23ClN4O. The zero-order valence-corrected chi connectivity index (χ0v) is 15.2. The van der Waals surface area contributed by atoms with Crippen LogP contribution in [0.2, 0.25) is 5.02 Å². The van der Waals surface area contributed by atoms with Gasteiger partial charge in [0.2, 0.25) is 0 Å². The van der Waals surface area contributed by atoms with Gasteiger partial charge in [-0.2, -0.15) is 5.10 Å². The minimum Gasteiger partial charge on any atom is -0.336 e. The molecule has 0 radical (unpaired) electrons. The number of piperazine rings is 1. The second-order valence-electron chi connectivity index (χ2n) is 6.17. The largest absolute Gasteiger partial charge is 0.336 e. The summed E-state index contributed by atoms with van der Waals surface area (Å²) in [6.45, 7) is 10.5. The molecule has 1 aliphatic heterocycles. The van der Waals surface area contributed by atoms with Crippen molar-refractivity contribution in [2.45, 2.75) is 20.8 Å². The molecule has 0 atom stereocenters. The Kier molecular flexibility index (Phi) is 4.92. The molecule has 0 bridgehead atoms. The Morgan fingerprint density at radius 2 is 1.75 bits per heavy atom. The van der Waals surface area contributed by atoms with Crippen molar-refractivity contribution in [2.24, 2.45) is 0 Å². The van der Waals surface area contributed by atoms with Crippen molar-refractivity contribution in [3.8, 4) is 5.69 Å². The van der Waals surface area contributed by atoms with Crippen molar-refractivity contribution in [3.05, 3.63) is 46.2 Å². The molecule has 1 amide bonds. The van der Waals surface area contributed by atoms with Crippen LogP contribution in [-0.4, -0.2) is 58.2 Å². The Hall–Kier alpha value is -1.85. The fourth-order valence-electron chi connectivity index (χ4n) is 3.07. The molecule has 0 spiro atoms. The van der Waals surface area contributed by atoms with Crippen LogP contribution in [0.5, 0.6) is 0 Å². The molecule has 2 aromatic rings. The van der Waals surface area contributed by atoms with Crippen molar-refractivity contribution in [2.75, 3.05) is 32.7 Å². The number of rotatable bonds is 3. The Labute approximate surface area is 147 Å². The molecule has 3 rings (SSSR count). The van der Waals surface area contributed by atoms with E-state index in [0.717, 1.165) is 55.4 Å². The molecule has 24 heavy (non-hydrogen) atoms. The highest BCUT2D eigenvalue weighted by molar-refractivity contribution is 6.31. The third kappa shape index (κ3) is 3.19. The third-order valence-corrected chi connectivity index (χ3v) is 5.22. The minimum absolute atomic E-state index is 0.101. The Morgan fingerprint density at radius 1 is 1.12 bits per heavy atom. The van der Waals surface area contributed by atoms with Gasteiger partial charge in [0, 0.05) is 31.7 Å². The third-order valence-electron chi connectivity index (χ3n) is 4.67. The van der Waals surface area contributed by atoms with Gasteiger partial charge in [0.1, 0.15) is 0 Å². The molecule has 1 saturated heterocycles. The number of hydrogen-bond acceptors (Lipinski definition) is 3. The smallest absolute Gasteiger partial charge is 0.253 e. The second kappa shape index (κ2) is 6.95. The van der Waals surface area contributed by atoms with E-state index in [4.69, 9.17) is 11.6 Å². The van der Waals surface area contributed by atoms with Crippen molar-refractivity contribution in [3.63, 3.8) is 0 Å². The fourth-order valence-corrected chi connectivity index (χ4v) is 3.19. The second-order valence-corrected chi connectivity index (χ2v) is 6.55. The molecular weight excluding hydrogens is 324 g/mol. The normalized spacial score (nSPS) is 15.8. The molecule has 6 heteroatoms. The summed E-state index contributed by atoms with van der Waals surface area (Å²) in [5.41, 5.74) is 3.35. The highest BCUT2D eigenvalue weighted by atomic mass is 35.5. The average Bonchev–Trinajstić information content (AvgIpc) is 2.89. The van der Waals surface area contributed by atoms with E-state index in [0.29, 0.717) is 5.02 Å². The van der Waals surface area contributed by atoms with Gasteiger partial charge in [-0.3, -0.25) is 4.79 Å². The van der Waals surface area contributed by atoms with Crippen LogP contribution in [0.25, 0.3) is 5.69 Å². The number of halogens is 1. The van der Waals surface area contributed by atoms with Gasteiger partial charge in [-0.25, -0.2) is 4.68 Å². The van der Waals surface area contributed by atoms with Crippen LogP contribution in [0.4, 0.5) is 0 Å². The van der Waals surface area contributed by atoms with Gasteiger partial charge in [0.25, 0.3) is 5.91 Å². The Morgan fingerprint density at radius 3 is 2.25 bits per heavy atom. The molecule has 2 heterocycles. The molecule has 0 aliphatic carbocycles. The van der Waals surface area contributed by atoms with E-state index in [1.807, 2.05) is 47.7 Å². The average molecular weight is 347 g/mol. The van der Waals surface area contributed by atoms with Gasteiger partial charge in [-0.1, -0.05) is 18.5 Å². The van der Waals surface area contributed by atoms with Gasteiger partial charge in [0.15, 0.2) is 0 Å². The molecule has 128 valence electrons. The minimum atomic E-state index is 0.101. The summed E-state index contributed by atoms with van der Waals surface area (Å²) in [5.74, 6) is 0.101. The molecule has 1 aliphatic rings. The topological polar surface area (TPSA) is 41.4 Å². The van der Waals surface area contributed by atoms with Crippen LogP contribution in [0, 0.1) is 13.8 Å². The van der Waals surface area contributed by atoms with E-state index >= 15 is 0 Å². The van der Waals surface area contributed by atoms with Crippen LogP contribution in [0.1, 0.15) is 28.7 Å². The number of nitrogens with zero attached hydrogens (tertiary/aromatic N) is 4. The lowest BCUT2D eigenvalue weighted by molar-refractivity contribution is 0.0643. The monoisotopic (exact) mass is 346 g/mol. The standard InChI is InChI=1S/C18H23ClN4O/c1-4-21-9-11-22(12-10-21)18(24)15-5-7-16(8-6-15)23-14(3)17(19)13(2)20-23/h5-8H,4,9-12H2,1-3H3. The van der Waals surface area contributed by atoms with E-state index in [9.17, 15) is 4.79 Å². The van der Waals surface area contributed by atoms with Crippen LogP contribution < -0.4 is 0 Å². The summed E-state index contributed by atoms with van der Waals surface area (Å²) in [7, 11) is 0. The number of aromatic nitrogens is 2. The number of hydrogen-bond donors (Lipinski definition) is 0. The van der Waals surface area contributed by atoms with Gasteiger partial charge < -0.3 is 9.80 Å². The highest BCUT2D eigenvalue weighted by Gasteiger charge is 2.21. The van der Waals surface area contributed by atoms with E-state index < -0.39 is 0 Å². The Balaban J connectivity index is 1.75. The van der Waals surface area contributed by atoms with Crippen LogP contribution in [0.15, 0.2) is 24.3 Å². The zero-order chi connectivity index (χ0) is 17.3. The fraction of sp³-hybridized carbons (Fsp3) is 0.444. The number of aryl methyl sites for hydroxylation is 1. The van der Waals surface area contributed by atoms with Gasteiger partial charge in [-0.05, 0) is 44.7 Å². The summed E-state index contributed by atoms with van der Waals surface area (Å²) in [5, 5.41) is 5.13. The van der Waals surface area contributed by atoms with E-state index in [2.05, 4.69) is 16.9 Å². The van der Waals surface area contributed by atoms with Crippen molar-refractivity contribution < 1.29 is 4.79 Å². The molecule has 0 saturated carbocycles. The lowest BCUT2D eigenvalue weighted by atomic mass is 10.1. The molecule has 1 aromatic heterocycles.